The van der Waals surface area contributed by atoms with Crippen LogP contribution in [-0.2, 0) is 14.3 Å². The van der Waals surface area contributed by atoms with Crippen LogP contribution < -0.4 is 5.32 Å². The highest BCUT2D eigenvalue weighted by molar-refractivity contribution is 8.77. The van der Waals surface area contributed by atoms with Crippen molar-refractivity contribution in [3.8, 4) is 0 Å². The average Bonchev–Trinajstić information content (AvgIpc) is 3.10. The molecule has 7 heteroatoms. The summed E-state index contributed by atoms with van der Waals surface area (Å²) in [5.41, 5.74) is 0.869. The highest BCUT2D eigenvalue weighted by Crippen LogP contribution is 2.39. The predicted molar refractivity (Wildman–Crippen MR) is 103 cm³/mol. The van der Waals surface area contributed by atoms with Gasteiger partial charge in [-0.3, -0.25) is 14.4 Å². The minimum atomic E-state index is -0.443. The predicted octanol–water partition coefficient (Wildman–Crippen LogP) is 4.09. The van der Waals surface area contributed by atoms with Crippen molar-refractivity contribution in [1.29, 1.82) is 0 Å². The van der Waals surface area contributed by atoms with Gasteiger partial charge in [-0.05, 0) is 38.3 Å². The lowest BCUT2D eigenvalue weighted by Gasteiger charge is -2.10. The summed E-state index contributed by atoms with van der Waals surface area (Å²) in [4.78, 5) is 35.1. The van der Waals surface area contributed by atoms with Crippen LogP contribution in [0.25, 0.3) is 0 Å². The molecule has 1 aromatic rings. The van der Waals surface area contributed by atoms with E-state index in [1.807, 2.05) is 21.6 Å². The molecule has 0 bridgehead atoms. The lowest BCUT2D eigenvalue weighted by Crippen LogP contribution is -2.21. The molecule has 1 saturated heterocycles. The number of unbranched alkanes of at least 4 members (excludes halogenated alkanes) is 1. The van der Waals surface area contributed by atoms with Crippen LogP contribution in [-0.4, -0.2) is 35.3 Å². The number of Topliss-reactive ketones (excluding diaryl/α,β-unsaturated/α-hetero) is 1. The maximum absolute atomic E-state index is 11.9. The van der Waals surface area contributed by atoms with Crippen molar-refractivity contribution in [3.05, 3.63) is 29.8 Å². The van der Waals surface area contributed by atoms with E-state index in [9.17, 15) is 14.4 Å². The molecule has 0 aromatic heterocycles. The number of carbonyl (C=O) groups excluding carboxylic acids is 3. The molecule has 0 spiro atoms. The molecule has 1 N–H and O–H groups in total. The SMILES string of the molecule is CC(=O)c1ccccc1NC(=O)COC(=O)CCCC[C@@H]1CCSS1. The standard InChI is InChI=1S/C18H23NO4S2/c1-13(20)15-7-3-4-8-16(15)19-17(21)12-23-18(22)9-5-2-6-14-10-11-24-25-14/h3-4,7-8,14H,2,5-6,9-12H2,1H3,(H,19,21)/t14-/m1/s1. The van der Waals surface area contributed by atoms with Crippen molar-refractivity contribution in [1.82, 2.24) is 0 Å². The van der Waals surface area contributed by atoms with Crippen molar-refractivity contribution in [3.63, 3.8) is 0 Å². The number of amides is 1. The van der Waals surface area contributed by atoms with Crippen LogP contribution in [0.3, 0.4) is 0 Å². The van der Waals surface area contributed by atoms with Gasteiger partial charge in [-0.2, -0.15) is 0 Å². The summed E-state index contributed by atoms with van der Waals surface area (Å²) in [7, 11) is 3.86. The van der Waals surface area contributed by atoms with Gasteiger partial charge in [0.2, 0.25) is 0 Å². The molecular weight excluding hydrogens is 358 g/mol. The van der Waals surface area contributed by atoms with Gasteiger partial charge in [0.25, 0.3) is 5.91 Å². The summed E-state index contributed by atoms with van der Waals surface area (Å²) in [6.07, 6.45) is 4.51. The normalized spacial score (nSPS) is 16.4. The number of hydrogen-bond donors (Lipinski definition) is 1. The van der Waals surface area contributed by atoms with E-state index in [1.54, 1.807) is 24.3 Å². The zero-order chi connectivity index (χ0) is 18.1. The number of rotatable bonds is 9. The van der Waals surface area contributed by atoms with E-state index >= 15 is 0 Å². The van der Waals surface area contributed by atoms with Gasteiger partial charge < -0.3 is 10.1 Å². The number of hydrogen-bond acceptors (Lipinski definition) is 6. The van der Waals surface area contributed by atoms with Crippen molar-refractivity contribution in [2.45, 2.75) is 44.3 Å². The number of ether oxygens (including phenoxy) is 1. The van der Waals surface area contributed by atoms with E-state index in [2.05, 4.69) is 5.32 Å². The molecule has 0 radical (unpaired) electrons. The molecule has 5 nitrogen and oxygen atoms in total. The fourth-order valence-corrected chi connectivity index (χ4v) is 5.54. The maximum Gasteiger partial charge on any atom is 0.306 e. The molecule has 1 heterocycles. The highest BCUT2D eigenvalue weighted by Gasteiger charge is 2.16. The minimum Gasteiger partial charge on any atom is -0.456 e. The molecule has 1 aliphatic heterocycles. The van der Waals surface area contributed by atoms with Crippen LogP contribution in [0.5, 0.6) is 0 Å². The minimum absolute atomic E-state index is 0.133. The third kappa shape index (κ3) is 7.12. The third-order valence-electron chi connectivity index (χ3n) is 3.83. The largest absolute Gasteiger partial charge is 0.456 e. The van der Waals surface area contributed by atoms with Gasteiger partial charge in [-0.25, -0.2) is 0 Å². The van der Waals surface area contributed by atoms with Gasteiger partial charge in [0.05, 0.1) is 5.69 Å². The zero-order valence-electron chi connectivity index (χ0n) is 14.3. The second-order valence-electron chi connectivity index (χ2n) is 5.89. The van der Waals surface area contributed by atoms with Crippen molar-refractivity contribution >= 4 is 44.9 Å². The summed E-state index contributed by atoms with van der Waals surface area (Å²) in [6.45, 7) is 1.11. The Balaban J connectivity index is 1.64. The Bertz CT molecular complexity index is 615. The van der Waals surface area contributed by atoms with Gasteiger partial charge in [0.1, 0.15) is 0 Å². The van der Waals surface area contributed by atoms with Gasteiger partial charge in [-0.15, -0.1) is 0 Å². The molecule has 136 valence electrons. The van der Waals surface area contributed by atoms with E-state index < -0.39 is 5.91 Å². The quantitative estimate of drug-likeness (QED) is 0.301. The number of nitrogens with one attached hydrogen (secondary N) is 1. The first-order valence-corrected chi connectivity index (χ1v) is 10.8. The van der Waals surface area contributed by atoms with E-state index in [4.69, 9.17) is 4.74 Å². The van der Waals surface area contributed by atoms with Crippen LogP contribution >= 0.6 is 21.6 Å². The smallest absolute Gasteiger partial charge is 0.306 e. The molecule has 0 saturated carbocycles. The Kier molecular flexibility index (Phi) is 8.34. The van der Waals surface area contributed by atoms with Crippen molar-refractivity contribution in [2.75, 3.05) is 17.7 Å². The second kappa shape index (κ2) is 10.5. The first-order valence-electron chi connectivity index (χ1n) is 8.40. The average molecular weight is 382 g/mol. The fraction of sp³-hybridized carbons (Fsp3) is 0.500. The van der Waals surface area contributed by atoms with E-state index in [0.717, 1.165) is 19.3 Å². The van der Waals surface area contributed by atoms with Gasteiger partial charge >= 0.3 is 5.97 Å². The first kappa shape index (κ1) is 19.8. The molecule has 1 fully saturated rings. The highest BCUT2D eigenvalue weighted by atomic mass is 33.1. The van der Waals surface area contributed by atoms with Gasteiger partial charge in [-0.1, -0.05) is 40.1 Å². The summed E-state index contributed by atoms with van der Waals surface area (Å²) in [5.74, 6) is 0.288. The molecule has 2 rings (SSSR count). The molecule has 1 aromatic carbocycles. The van der Waals surface area contributed by atoms with E-state index in [0.29, 0.717) is 22.9 Å². The van der Waals surface area contributed by atoms with Crippen LogP contribution in [0.1, 0.15) is 49.4 Å². The monoisotopic (exact) mass is 381 g/mol. The summed E-state index contributed by atoms with van der Waals surface area (Å²) in [5, 5.41) is 3.33. The molecule has 1 amide bonds. The van der Waals surface area contributed by atoms with Crippen LogP contribution in [0, 0.1) is 0 Å². The Morgan fingerprint density at radius 3 is 2.76 bits per heavy atom. The Labute approximate surface area is 156 Å². The van der Waals surface area contributed by atoms with E-state index in [-0.39, 0.29) is 18.4 Å². The van der Waals surface area contributed by atoms with Crippen molar-refractivity contribution < 1.29 is 19.1 Å². The lowest BCUT2D eigenvalue weighted by atomic mass is 10.1. The summed E-state index contributed by atoms with van der Waals surface area (Å²) in [6, 6.07) is 6.76. The molecule has 0 unspecified atom stereocenters. The van der Waals surface area contributed by atoms with Crippen molar-refractivity contribution in [2.24, 2.45) is 0 Å². The van der Waals surface area contributed by atoms with Gasteiger partial charge in [0.15, 0.2) is 12.4 Å². The topological polar surface area (TPSA) is 72.5 Å². The van der Waals surface area contributed by atoms with Crippen LogP contribution in [0.15, 0.2) is 24.3 Å². The number of anilines is 1. The maximum atomic E-state index is 11.9. The van der Waals surface area contributed by atoms with E-state index in [1.165, 1.54) is 19.1 Å². The van der Waals surface area contributed by atoms with Crippen LogP contribution in [0.4, 0.5) is 5.69 Å². The number of carbonyl (C=O) groups is 3. The zero-order valence-corrected chi connectivity index (χ0v) is 15.9. The Morgan fingerprint density at radius 2 is 2.04 bits per heavy atom. The Morgan fingerprint density at radius 1 is 1.24 bits per heavy atom. The molecule has 25 heavy (non-hydrogen) atoms. The molecular formula is C18H23NO4S2. The number of para-hydroxylation sites is 1. The fourth-order valence-electron chi connectivity index (χ4n) is 2.51. The summed E-state index contributed by atoms with van der Waals surface area (Å²) < 4.78 is 5.00. The first-order chi connectivity index (χ1) is 12.1. The van der Waals surface area contributed by atoms with Gasteiger partial charge in [0, 0.05) is 23.0 Å². The number of esters is 1. The second-order valence-corrected chi connectivity index (χ2v) is 8.67. The third-order valence-corrected chi connectivity index (χ3v) is 6.84. The number of benzene rings is 1. The van der Waals surface area contributed by atoms with Crippen LogP contribution in [0.2, 0.25) is 0 Å². The molecule has 1 aliphatic rings. The Hall–Kier alpha value is -1.47. The molecule has 0 aliphatic carbocycles. The molecule has 1 atom stereocenters. The number of ketones is 1. The lowest BCUT2D eigenvalue weighted by molar-refractivity contribution is -0.147. The summed E-state index contributed by atoms with van der Waals surface area (Å²) >= 11 is 0.